The summed E-state index contributed by atoms with van der Waals surface area (Å²) in [6.07, 6.45) is 4.80. The molecule has 1 aromatic rings. The van der Waals surface area contributed by atoms with Crippen LogP contribution in [0.5, 0.6) is 5.75 Å². The molecule has 0 spiro atoms. The van der Waals surface area contributed by atoms with Crippen LogP contribution >= 0.6 is 0 Å². The van der Waals surface area contributed by atoms with Crippen molar-refractivity contribution >= 4 is 17.8 Å². The number of imide groups is 1. The fourth-order valence-corrected chi connectivity index (χ4v) is 4.83. The first-order chi connectivity index (χ1) is 15.0. The van der Waals surface area contributed by atoms with E-state index in [9.17, 15) is 14.0 Å². The lowest BCUT2D eigenvalue weighted by Gasteiger charge is -2.19. The van der Waals surface area contributed by atoms with Crippen LogP contribution in [0.3, 0.4) is 0 Å². The predicted octanol–water partition coefficient (Wildman–Crippen LogP) is 1.96. The fourth-order valence-electron chi connectivity index (χ4n) is 4.83. The number of likely N-dealkylation sites (tertiary alicyclic amines) is 1. The van der Waals surface area contributed by atoms with Gasteiger partial charge in [-0.2, -0.15) is 0 Å². The van der Waals surface area contributed by atoms with E-state index in [2.05, 4.69) is 27.8 Å². The molecule has 0 radical (unpaired) electrons. The minimum absolute atomic E-state index is 0.0394. The molecule has 2 aliphatic carbocycles. The number of para-hydroxylation sites is 1. The first-order valence-electron chi connectivity index (χ1n) is 11.0. The summed E-state index contributed by atoms with van der Waals surface area (Å²) in [5.41, 5.74) is 0. The molecule has 8 heteroatoms. The second-order valence-corrected chi connectivity index (χ2v) is 8.33. The van der Waals surface area contributed by atoms with E-state index in [0.717, 1.165) is 6.42 Å². The summed E-state index contributed by atoms with van der Waals surface area (Å²) in [5.74, 6) is 0.387. The molecule has 5 unspecified atom stereocenters. The third kappa shape index (κ3) is 4.29. The average Bonchev–Trinajstić information content (AvgIpc) is 3.43. The number of nitrogens with zero attached hydrogens (tertiary/aromatic N) is 2. The first-order valence-corrected chi connectivity index (χ1v) is 11.0. The molecular formula is C23H29FN4O3. The molecule has 2 fully saturated rings. The van der Waals surface area contributed by atoms with E-state index in [-0.39, 0.29) is 47.3 Å². The van der Waals surface area contributed by atoms with E-state index < -0.39 is 5.82 Å². The minimum atomic E-state index is -0.406. The number of carbonyl (C=O) groups is 2. The minimum Gasteiger partial charge on any atom is -0.486 e. The summed E-state index contributed by atoms with van der Waals surface area (Å²) in [6, 6.07) is 6.27. The average molecular weight is 429 g/mol. The lowest BCUT2D eigenvalue weighted by Crippen LogP contribution is -2.44. The van der Waals surface area contributed by atoms with E-state index in [1.165, 1.54) is 11.0 Å². The molecule has 2 bridgehead atoms. The summed E-state index contributed by atoms with van der Waals surface area (Å²) in [5, 5.41) is 6.31. The Balaban J connectivity index is 1.28. The molecule has 1 saturated heterocycles. The molecule has 4 rings (SSSR count). The molecule has 1 saturated carbocycles. The van der Waals surface area contributed by atoms with Crippen molar-refractivity contribution in [2.45, 2.75) is 26.4 Å². The summed E-state index contributed by atoms with van der Waals surface area (Å²) in [4.78, 5) is 31.4. The van der Waals surface area contributed by atoms with E-state index in [1.54, 1.807) is 18.2 Å². The Morgan fingerprint density at radius 2 is 1.87 bits per heavy atom. The Morgan fingerprint density at radius 1 is 1.19 bits per heavy atom. The summed E-state index contributed by atoms with van der Waals surface area (Å²) >= 11 is 0. The Morgan fingerprint density at radius 3 is 2.52 bits per heavy atom. The monoisotopic (exact) mass is 428 g/mol. The number of halogens is 1. The SMILES string of the molecule is CCNC(=NCC(C)Oc1ccccc1F)NCCN1C(=O)C2C3C=CC(C3)C2C1=O. The van der Waals surface area contributed by atoms with Crippen LogP contribution in [0.1, 0.15) is 20.3 Å². The number of hydrogen-bond donors (Lipinski definition) is 2. The van der Waals surface area contributed by atoms with Gasteiger partial charge in [-0.15, -0.1) is 0 Å². The second kappa shape index (κ2) is 9.08. The van der Waals surface area contributed by atoms with Gasteiger partial charge in [0.05, 0.1) is 18.4 Å². The van der Waals surface area contributed by atoms with Crippen LogP contribution in [0.4, 0.5) is 4.39 Å². The van der Waals surface area contributed by atoms with Gasteiger partial charge in [0, 0.05) is 19.6 Å². The highest BCUT2D eigenvalue weighted by Gasteiger charge is 2.58. The molecule has 5 atom stereocenters. The molecule has 2 amide bonds. The topological polar surface area (TPSA) is 83.0 Å². The highest BCUT2D eigenvalue weighted by atomic mass is 19.1. The number of amides is 2. The van der Waals surface area contributed by atoms with Crippen molar-refractivity contribution < 1.29 is 18.7 Å². The number of aliphatic imine (C=N–C) groups is 1. The van der Waals surface area contributed by atoms with Crippen molar-refractivity contribution in [1.29, 1.82) is 0 Å². The van der Waals surface area contributed by atoms with E-state index in [0.29, 0.717) is 32.1 Å². The molecular weight excluding hydrogens is 399 g/mol. The van der Waals surface area contributed by atoms with Gasteiger partial charge >= 0.3 is 0 Å². The molecule has 1 aliphatic heterocycles. The van der Waals surface area contributed by atoms with Gasteiger partial charge in [0.2, 0.25) is 11.8 Å². The number of allylic oxidation sites excluding steroid dienone is 2. The van der Waals surface area contributed by atoms with Gasteiger partial charge in [-0.1, -0.05) is 24.3 Å². The van der Waals surface area contributed by atoms with Crippen LogP contribution in [0.25, 0.3) is 0 Å². The van der Waals surface area contributed by atoms with Crippen molar-refractivity contribution in [3.63, 3.8) is 0 Å². The highest BCUT2D eigenvalue weighted by Crippen LogP contribution is 2.52. The van der Waals surface area contributed by atoms with Crippen LogP contribution in [0, 0.1) is 29.5 Å². The van der Waals surface area contributed by atoms with Crippen LogP contribution < -0.4 is 15.4 Å². The molecule has 0 aromatic heterocycles. The van der Waals surface area contributed by atoms with Crippen molar-refractivity contribution in [3.05, 3.63) is 42.2 Å². The second-order valence-electron chi connectivity index (χ2n) is 8.33. The Bertz CT molecular complexity index is 873. The van der Waals surface area contributed by atoms with Crippen molar-refractivity contribution in [2.75, 3.05) is 26.2 Å². The lowest BCUT2D eigenvalue weighted by atomic mass is 9.85. The quantitative estimate of drug-likeness (QED) is 0.286. The first kappa shape index (κ1) is 21.3. The molecule has 7 nitrogen and oxygen atoms in total. The number of nitrogens with one attached hydrogen (secondary N) is 2. The molecule has 3 aliphatic rings. The predicted molar refractivity (Wildman–Crippen MR) is 115 cm³/mol. The number of benzene rings is 1. The maximum atomic E-state index is 13.7. The number of carbonyl (C=O) groups excluding carboxylic acids is 2. The Labute approximate surface area is 181 Å². The van der Waals surface area contributed by atoms with Crippen LogP contribution in [-0.2, 0) is 9.59 Å². The van der Waals surface area contributed by atoms with Gasteiger partial charge in [0.1, 0.15) is 6.10 Å². The van der Waals surface area contributed by atoms with Gasteiger partial charge in [-0.3, -0.25) is 14.5 Å². The van der Waals surface area contributed by atoms with Gasteiger partial charge in [0.15, 0.2) is 17.5 Å². The molecule has 2 N–H and O–H groups in total. The van der Waals surface area contributed by atoms with Crippen LogP contribution in [-0.4, -0.2) is 55.0 Å². The number of rotatable bonds is 8. The number of guanidine groups is 1. The number of ether oxygens (including phenoxy) is 1. The number of hydrogen-bond acceptors (Lipinski definition) is 4. The normalized spacial score (nSPS) is 27.6. The zero-order valence-corrected chi connectivity index (χ0v) is 17.9. The fraction of sp³-hybridized carbons (Fsp3) is 0.522. The summed E-state index contributed by atoms with van der Waals surface area (Å²) < 4.78 is 19.4. The molecule has 166 valence electrons. The maximum absolute atomic E-state index is 13.7. The van der Waals surface area contributed by atoms with Crippen molar-refractivity contribution in [3.8, 4) is 5.75 Å². The van der Waals surface area contributed by atoms with E-state index >= 15 is 0 Å². The highest BCUT2D eigenvalue weighted by molar-refractivity contribution is 6.06. The summed E-state index contributed by atoms with van der Waals surface area (Å²) in [6.45, 7) is 5.49. The zero-order chi connectivity index (χ0) is 22.0. The van der Waals surface area contributed by atoms with Gasteiger partial charge in [0.25, 0.3) is 0 Å². The third-order valence-corrected chi connectivity index (χ3v) is 6.21. The maximum Gasteiger partial charge on any atom is 0.233 e. The largest absolute Gasteiger partial charge is 0.486 e. The summed E-state index contributed by atoms with van der Waals surface area (Å²) in [7, 11) is 0. The van der Waals surface area contributed by atoms with Gasteiger partial charge in [-0.05, 0) is 44.2 Å². The molecule has 1 aromatic carbocycles. The van der Waals surface area contributed by atoms with E-state index in [4.69, 9.17) is 4.74 Å². The van der Waals surface area contributed by atoms with Crippen molar-refractivity contribution in [1.82, 2.24) is 15.5 Å². The van der Waals surface area contributed by atoms with Crippen LogP contribution in [0.2, 0.25) is 0 Å². The smallest absolute Gasteiger partial charge is 0.233 e. The zero-order valence-electron chi connectivity index (χ0n) is 17.9. The molecule has 1 heterocycles. The third-order valence-electron chi connectivity index (χ3n) is 6.21. The molecule has 31 heavy (non-hydrogen) atoms. The lowest BCUT2D eigenvalue weighted by molar-refractivity contribution is -0.140. The standard InChI is InChI=1S/C23H29FN4O3/c1-3-25-23(27-13-14(2)31-18-7-5-4-6-17(18)24)26-10-11-28-21(29)19-15-8-9-16(12-15)20(19)22(28)30/h4-9,14-16,19-20H,3,10-13H2,1-2H3,(H2,25,26,27). The van der Waals surface area contributed by atoms with Gasteiger partial charge in [-0.25, -0.2) is 9.38 Å². The Kier molecular flexibility index (Phi) is 6.25. The van der Waals surface area contributed by atoms with Crippen LogP contribution in [0.15, 0.2) is 41.4 Å². The Hall–Kier alpha value is -2.90. The van der Waals surface area contributed by atoms with Gasteiger partial charge < -0.3 is 15.4 Å². The van der Waals surface area contributed by atoms with Crippen molar-refractivity contribution in [2.24, 2.45) is 28.7 Å². The number of fused-ring (bicyclic) bond motifs is 5. The van der Waals surface area contributed by atoms with E-state index in [1.807, 2.05) is 13.8 Å².